The maximum atomic E-state index is 12.1. The predicted molar refractivity (Wildman–Crippen MR) is 68.1 cm³/mol. The highest BCUT2D eigenvalue weighted by atomic mass is 32.2. The summed E-state index contributed by atoms with van der Waals surface area (Å²) in [6.45, 7) is 0. The number of fused-ring (bicyclic) bond motifs is 2. The van der Waals surface area contributed by atoms with Crippen LogP contribution < -0.4 is 4.72 Å². The van der Waals surface area contributed by atoms with Crippen molar-refractivity contribution in [2.24, 2.45) is 5.92 Å². The normalized spacial score (nSPS) is 29.9. The quantitative estimate of drug-likeness (QED) is 0.772. The summed E-state index contributed by atoms with van der Waals surface area (Å²) in [6, 6.07) is -0.472. The highest BCUT2D eigenvalue weighted by Crippen LogP contribution is 2.41. The maximum absolute atomic E-state index is 12.1. The van der Waals surface area contributed by atoms with Gasteiger partial charge in [0, 0.05) is 18.5 Å². The van der Waals surface area contributed by atoms with Crippen molar-refractivity contribution >= 4 is 22.3 Å². The number of carbonyl (C=O) groups excluding carboxylic acids is 1. The molecule has 0 aromatic carbocycles. The Morgan fingerprint density at radius 3 is 2.30 bits per heavy atom. The number of ether oxygens (including phenoxy) is 1. The summed E-state index contributed by atoms with van der Waals surface area (Å²) in [5.74, 6) is -0.868. The second-order valence-electron chi connectivity index (χ2n) is 5.25. The Morgan fingerprint density at radius 1 is 1.30 bits per heavy atom. The van der Waals surface area contributed by atoms with E-state index in [9.17, 15) is 18.0 Å². The fraction of sp³-hybridized carbons (Fsp3) is 0.818. The number of piperidine rings is 1. The topological polar surface area (TPSA) is 113 Å². The number of rotatable bonds is 4. The van der Waals surface area contributed by atoms with E-state index >= 15 is 0 Å². The summed E-state index contributed by atoms with van der Waals surface area (Å²) in [4.78, 5) is 21.9. The fourth-order valence-corrected chi connectivity index (χ4v) is 4.82. The van der Waals surface area contributed by atoms with Crippen LogP contribution in [0.4, 0.5) is 4.79 Å². The largest absolute Gasteiger partial charge is 0.481 e. The molecule has 2 atom stereocenters. The van der Waals surface area contributed by atoms with E-state index in [1.165, 1.54) is 4.31 Å². The molecular weight excluding hydrogens is 288 g/mol. The van der Waals surface area contributed by atoms with Gasteiger partial charge >= 0.3 is 22.3 Å². The van der Waals surface area contributed by atoms with E-state index in [-0.39, 0.29) is 24.4 Å². The van der Waals surface area contributed by atoms with Gasteiger partial charge in [-0.1, -0.05) is 0 Å². The van der Waals surface area contributed by atoms with Crippen molar-refractivity contribution in [2.45, 2.75) is 44.2 Å². The van der Waals surface area contributed by atoms with Crippen molar-refractivity contribution in [3.05, 3.63) is 0 Å². The van der Waals surface area contributed by atoms with E-state index in [1.54, 1.807) is 0 Å². The smallest absolute Gasteiger partial charge is 0.421 e. The number of amides is 1. The molecule has 0 spiro atoms. The van der Waals surface area contributed by atoms with Crippen molar-refractivity contribution in [1.29, 1.82) is 0 Å². The molecule has 2 aliphatic rings. The van der Waals surface area contributed by atoms with Gasteiger partial charge in [0.25, 0.3) is 0 Å². The number of carboxylic acid groups (broad SMARTS) is 1. The number of hydrogen-bond acceptors (Lipinski definition) is 5. The highest BCUT2D eigenvalue weighted by Gasteiger charge is 2.47. The van der Waals surface area contributed by atoms with E-state index in [0.717, 1.165) is 7.11 Å². The third-order valence-electron chi connectivity index (χ3n) is 3.90. The summed E-state index contributed by atoms with van der Waals surface area (Å²) in [5, 5.41) is 8.83. The SMILES string of the molecule is COC(=O)NS(=O)(=O)N1C2CCC1CC(CC(=O)O)C2. The molecule has 2 heterocycles. The third kappa shape index (κ3) is 3.04. The highest BCUT2D eigenvalue weighted by molar-refractivity contribution is 7.87. The number of nitrogens with zero attached hydrogens (tertiary/aromatic N) is 1. The first-order valence-corrected chi connectivity index (χ1v) is 7.88. The van der Waals surface area contributed by atoms with Crippen LogP contribution in [0.5, 0.6) is 0 Å². The first-order valence-electron chi connectivity index (χ1n) is 6.44. The maximum Gasteiger partial charge on any atom is 0.421 e. The average molecular weight is 306 g/mol. The van der Waals surface area contributed by atoms with Crippen molar-refractivity contribution in [2.75, 3.05) is 7.11 Å². The van der Waals surface area contributed by atoms with Crippen LogP contribution in [0.2, 0.25) is 0 Å². The van der Waals surface area contributed by atoms with E-state index in [0.29, 0.717) is 25.7 Å². The van der Waals surface area contributed by atoms with Crippen molar-refractivity contribution in [3.63, 3.8) is 0 Å². The molecule has 0 aromatic heterocycles. The van der Waals surface area contributed by atoms with Gasteiger partial charge in [-0.3, -0.25) is 4.79 Å². The first-order chi connectivity index (χ1) is 9.33. The van der Waals surface area contributed by atoms with Crippen LogP contribution in [0.25, 0.3) is 0 Å². The molecule has 0 aromatic rings. The minimum absolute atomic E-state index is 0.00502. The molecule has 2 aliphatic heterocycles. The molecule has 2 saturated heterocycles. The second-order valence-corrected chi connectivity index (χ2v) is 6.82. The Bertz CT molecular complexity index is 491. The van der Waals surface area contributed by atoms with E-state index in [2.05, 4.69) is 4.74 Å². The first kappa shape index (κ1) is 15.0. The molecule has 2 unspecified atom stereocenters. The zero-order valence-corrected chi connectivity index (χ0v) is 11.9. The van der Waals surface area contributed by atoms with E-state index in [1.807, 2.05) is 4.72 Å². The lowest BCUT2D eigenvalue weighted by Crippen LogP contribution is -2.52. The van der Waals surface area contributed by atoms with Crippen molar-refractivity contribution in [3.8, 4) is 0 Å². The molecule has 0 aliphatic carbocycles. The third-order valence-corrected chi connectivity index (χ3v) is 5.48. The molecule has 20 heavy (non-hydrogen) atoms. The Hall–Kier alpha value is -1.35. The second kappa shape index (κ2) is 5.57. The molecule has 2 fully saturated rings. The van der Waals surface area contributed by atoms with E-state index in [4.69, 9.17) is 5.11 Å². The lowest BCUT2D eigenvalue weighted by molar-refractivity contribution is -0.138. The van der Waals surface area contributed by atoms with Crippen LogP contribution in [-0.4, -0.2) is 49.1 Å². The average Bonchev–Trinajstić information content (AvgIpc) is 2.61. The van der Waals surface area contributed by atoms with Gasteiger partial charge in [0.15, 0.2) is 0 Å². The monoisotopic (exact) mass is 306 g/mol. The van der Waals surface area contributed by atoms with Crippen LogP contribution in [0.3, 0.4) is 0 Å². The van der Waals surface area contributed by atoms with Gasteiger partial charge in [0.2, 0.25) is 0 Å². The lowest BCUT2D eigenvalue weighted by atomic mass is 9.90. The minimum atomic E-state index is -3.92. The van der Waals surface area contributed by atoms with Gasteiger partial charge in [-0.15, -0.1) is 0 Å². The number of aliphatic carboxylic acids is 1. The molecule has 0 saturated carbocycles. The molecule has 114 valence electrons. The molecule has 2 bridgehead atoms. The van der Waals surface area contributed by atoms with Gasteiger partial charge < -0.3 is 9.84 Å². The number of nitrogens with one attached hydrogen (secondary N) is 1. The molecule has 2 rings (SSSR count). The standard InChI is InChI=1S/C11H18N2O6S/c1-19-11(16)12-20(17,18)13-8-2-3-9(13)5-7(4-8)6-10(14)15/h7-9H,2-6H2,1H3,(H,12,16)(H,14,15). The Morgan fingerprint density at radius 2 is 1.85 bits per heavy atom. The summed E-state index contributed by atoms with van der Waals surface area (Å²) in [5.41, 5.74) is 0. The molecule has 2 N–H and O–H groups in total. The van der Waals surface area contributed by atoms with Gasteiger partial charge in [0.05, 0.1) is 7.11 Å². The van der Waals surface area contributed by atoms with Gasteiger partial charge in [-0.05, 0) is 31.6 Å². The number of carboxylic acids is 1. The van der Waals surface area contributed by atoms with Crippen LogP contribution in [0.1, 0.15) is 32.1 Å². The summed E-state index contributed by atoms with van der Waals surface area (Å²) < 4.78 is 31.8. The summed E-state index contributed by atoms with van der Waals surface area (Å²) in [6.07, 6.45) is 1.48. The Kier molecular flexibility index (Phi) is 4.19. The van der Waals surface area contributed by atoms with Crippen LogP contribution >= 0.6 is 0 Å². The fourth-order valence-electron chi connectivity index (χ4n) is 3.25. The minimum Gasteiger partial charge on any atom is -0.481 e. The summed E-state index contributed by atoms with van der Waals surface area (Å²) >= 11 is 0. The van der Waals surface area contributed by atoms with Gasteiger partial charge in [-0.2, -0.15) is 12.7 Å². The van der Waals surface area contributed by atoms with Crippen LogP contribution in [0.15, 0.2) is 0 Å². The zero-order valence-electron chi connectivity index (χ0n) is 11.1. The molecule has 9 heteroatoms. The zero-order chi connectivity index (χ0) is 14.9. The number of hydrogen-bond donors (Lipinski definition) is 2. The molecule has 8 nitrogen and oxygen atoms in total. The number of methoxy groups -OCH3 is 1. The molecular formula is C11H18N2O6S. The van der Waals surface area contributed by atoms with Crippen molar-refractivity contribution < 1.29 is 27.9 Å². The van der Waals surface area contributed by atoms with E-state index < -0.39 is 22.3 Å². The Balaban J connectivity index is 2.09. The van der Waals surface area contributed by atoms with Crippen LogP contribution in [0, 0.1) is 5.92 Å². The number of carbonyl (C=O) groups is 2. The summed E-state index contributed by atoms with van der Waals surface area (Å²) in [7, 11) is -2.83. The Labute approximate surface area is 117 Å². The predicted octanol–water partition coefficient (Wildman–Crippen LogP) is 0.305. The van der Waals surface area contributed by atoms with Gasteiger partial charge in [-0.25, -0.2) is 9.52 Å². The lowest BCUT2D eigenvalue weighted by Gasteiger charge is -2.36. The van der Waals surface area contributed by atoms with Gasteiger partial charge in [0.1, 0.15) is 0 Å². The van der Waals surface area contributed by atoms with Crippen molar-refractivity contribution in [1.82, 2.24) is 9.03 Å². The van der Waals surface area contributed by atoms with Crippen LogP contribution in [-0.2, 0) is 19.7 Å². The molecule has 0 radical (unpaired) electrons. The molecule has 1 amide bonds.